The minimum absolute atomic E-state index is 0.336. The van der Waals surface area contributed by atoms with E-state index < -0.39 is 57.7 Å². The summed E-state index contributed by atoms with van der Waals surface area (Å²) in [6.45, 7) is 6.68. The molecule has 0 spiro atoms. The van der Waals surface area contributed by atoms with Crippen LogP contribution in [0, 0.1) is 27.7 Å². The van der Waals surface area contributed by atoms with Crippen molar-refractivity contribution in [3.8, 4) is 11.5 Å². The highest BCUT2D eigenvalue weighted by molar-refractivity contribution is 7.86. The lowest BCUT2D eigenvalue weighted by molar-refractivity contribution is -0.517. The Kier molecular flexibility index (Phi) is 15.5. The number of ether oxygens (including phenoxy) is 2. The predicted octanol–water partition coefficient (Wildman–Crippen LogP) is 6.39. The fraction of sp³-hybridized carbons (Fsp3) is 0.200. The van der Waals surface area contributed by atoms with Gasteiger partial charge in [-0.1, -0.05) is 46.9 Å². The van der Waals surface area contributed by atoms with Crippen LogP contribution in [0.3, 0.4) is 0 Å². The Morgan fingerprint density at radius 1 is 0.803 bits per heavy atom. The number of aliphatic carboxylic acids is 2. The molecule has 6 aromatic rings. The Morgan fingerprint density at radius 2 is 1.36 bits per heavy atom. The van der Waals surface area contributed by atoms with Gasteiger partial charge in [0.15, 0.2) is 19.4 Å². The van der Waals surface area contributed by atoms with Crippen LogP contribution in [0.2, 0.25) is 0 Å². The maximum atomic E-state index is 11.3. The monoisotopic (exact) mass is 979 g/mol. The highest BCUT2D eigenvalue weighted by Gasteiger charge is 2.38. The van der Waals surface area contributed by atoms with E-state index in [0.717, 1.165) is 21.1 Å². The number of nitrogens with one attached hydrogen (secondary N) is 3. The normalized spacial score (nSPS) is 14.3. The summed E-state index contributed by atoms with van der Waals surface area (Å²) in [6, 6.07) is 24.1. The summed E-state index contributed by atoms with van der Waals surface area (Å²) < 4.78 is 77.6. The summed E-state index contributed by atoms with van der Waals surface area (Å²) in [6.07, 6.45) is -1.32. The van der Waals surface area contributed by atoms with Gasteiger partial charge in [-0.2, -0.15) is 5.11 Å². The standard InChI is InChI=1S/C20H19N5O6S2.C20H21N5O6S2/c1-12-13(2)32-20(21-12)25-23-19(14-4-3-5-16(10-14)31-11-18(26)27)22-24(25)15-6-8-17(9-7-15)33(28,29)30;1-12-13(2)32-20(21-12)25-24-19(14-4-3-5-16(10-14)31-11-18(26)27)23-22-15-6-8-17(9-7-15)33(28,29)30/h3-10,19,23H,11H2,1-2H3,(H-,26,27,28,29,30);3-10,19,22-23H,11H2,1-2H3,(H,26,27)(H,28,29,30)/p-1. The van der Waals surface area contributed by atoms with Crippen molar-refractivity contribution in [1.82, 2.24) is 20.8 Å². The van der Waals surface area contributed by atoms with Gasteiger partial charge in [0.25, 0.3) is 10.8 Å². The number of benzene rings is 4. The van der Waals surface area contributed by atoms with Crippen molar-refractivity contribution in [2.45, 2.75) is 49.8 Å². The molecule has 0 saturated carbocycles. The van der Waals surface area contributed by atoms with E-state index in [-0.39, 0.29) is 9.79 Å². The highest BCUT2D eigenvalue weighted by atomic mass is 32.2. The molecule has 346 valence electrons. The van der Waals surface area contributed by atoms with Crippen molar-refractivity contribution in [3.63, 3.8) is 0 Å². The lowest BCUT2D eigenvalue weighted by Gasteiger charge is -2.17. The van der Waals surface area contributed by atoms with Crippen molar-refractivity contribution in [1.29, 1.82) is 0 Å². The zero-order valence-corrected chi connectivity index (χ0v) is 38.3. The molecule has 1 aliphatic rings. The van der Waals surface area contributed by atoms with Crippen molar-refractivity contribution >= 4 is 76.5 Å². The van der Waals surface area contributed by atoms with E-state index in [4.69, 9.17) is 19.7 Å². The van der Waals surface area contributed by atoms with Crippen molar-refractivity contribution in [3.05, 3.63) is 129 Å². The zero-order valence-electron chi connectivity index (χ0n) is 35.0. The summed E-state index contributed by atoms with van der Waals surface area (Å²) in [7, 11) is -9.12. The number of hydrazine groups is 3. The van der Waals surface area contributed by atoms with Crippen molar-refractivity contribution in [2.75, 3.05) is 23.8 Å². The van der Waals surface area contributed by atoms with Crippen LogP contribution < -0.4 is 30.9 Å². The molecule has 0 fully saturated rings. The number of nitrogens with zero attached hydrogens (tertiary/aromatic N) is 7. The van der Waals surface area contributed by atoms with Crippen LogP contribution in [0.5, 0.6) is 11.5 Å². The number of hydrogen-bond acceptors (Lipinski definition) is 21. The zero-order chi connectivity index (χ0) is 47.8. The first kappa shape index (κ1) is 48.7. The second-order valence-electron chi connectivity index (χ2n) is 13.8. The Balaban J connectivity index is 0.000000218. The molecule has 22 nitrogen and oxygen atoms in total. The fourth-order valence-electron chi connectivity index (χ4n) is 5.59. The number of carboxylic acid groups (broad SMARTS) is 2. The molecule has 2 aromatic heterocycles. The number of aromatic nitrogens is 2. The molecule has 4 aromatic carbocycles. The third-order valence-electron chi connectivity index (χ3n) is 9.06. The van der Waals surface area contributed by atoms with Gasteiger partial charge in [-0.25, -0.2) is 41.8 Å². The van der Waals surface area contributed by atoms with E-state index in [0.29, 0.717) is 44.3 Å². The van der Waals surface area contributed by atoms with E-state index in [2.05, 4.69) is 41.6 Å². The molecular weight excluding hydrogens is 941 g/mol. The molecule has 7 rings (SSSR count). The average Bonchev–Trinajstić information content (AvgIpc) is 3.97. The Morgan fingerprint density at radius 3 is 1.91 bits per heavy atom. The Hall–Kier alpha value is -6.78. The van der Waals surface area contributed by atoms with Gasteiger partial charge >= 0.3 is 11.9 Å². The summed E-state index contributed by atoms with van der Waals surface area (Å²) in [4.78, 5) is 33.3. The smallest absolute Gasteiger partial charge is 0.341 e. The molecule has 0 amide bonds. The molecule has 0 aliphatic carbocycles. The molecule has 0 bridgehead atoms. The number of rotatable bonds is 17. The second-order valence-corrected chi connectivity index (χ2v) is 19.0. The van der Waals surface area contributed by atoms with E-state index in [1.807, 2.05) is 33.8 Å². The third-order valence-corrected chi connectivity index (χ3v) is 12.8. The van der Waals surface area contributed by atoms with Crippen LogP contribution in [0.15, 0.2) is 122 Å². The molecule has 0 saturated heterocycles. The van der Waals surface area contributed by atoms with Crippen molar-refractivity contribution < 1.29 is 60.0 Å². The van der Waals surface area contributed by atoms with Crippen molar-refractivity contribution in [2.24, 2.45) is 15.3 Å². The van der Waals surface area contributed by atoms with Crippen LogP contribution in [-0.2, 0) is 29.8 Å². The number of azo groups is 2. The quantitative estimate of drug-likeness (QED) is 0.0286. The Labute approximate surface area is 385 Å². The van der Waals surface area contributed by atoms with Gasteiger partial charge < -0.3 is 34.2 Å². The predicted molar refractivity (Wildman–Crippen MR) is 236 cm³/mol. The molecular formula is C40H39N10O12S4-. The minimum Gasteiger partial charge on any atom is -0.744 e. The topological polar surface area (TPSA) is 313 Å². The van der Waals surface area contributed by atoms with E-state index in [1.165, 1.54) is 76.0 Å². The molecule has 0 radical (unpaired) electrons. The maximum absolute atomic E-state index is 11.3. The minimum atomic E-state index is -4.58. The summed E-state index contributed by atoms with van der Waals surface area (Å²) in [5.41, 5.74) is 13.1. The van der Waals surface area contributed by atoms with Gasteiger partial charge in [0.2, 0.25) is 11.3 Å². The summed E-state index contributed by atoms with van der Waals surface area (Å²) >= 11 is 2.83. The molecule has 26 heteroatoms. The van der Waals surface area contributed by atoms with Crippen LogP contribution >= 0.6 is 22.7 Å². The van der Waals surface area contributed by atoms with Gasteiger partial charge in [0.1, 0.15) is 31.7 Å². The van der Waals surface area contributed by atoms with Gasteiger partial charge in [0, 0.05) is 38.3 Å². The second kappa shape index (κ2) is 21.0. The van der Waals surface area contributed by atoms with Gasteiger partial charge in [0.05, 0.1) is 26.0 Å². The molecule has 66 heavy (non-hydrogen) atoms. The number of thiazole rings is 2. The largest absolute Gasteiger partial charge is 0.744 e. The van der Waals surface area contributed by atoms with Gasteiger partial charge in [-0.05, 0) is 99.0 Å². The van der Waals surface area contributed by atoms with Crippen LogP contribution in [-0.4, -0.2) is 76.1 Å². The maximum Gasteiger partial charge on any atom is 0.341 e. The van der Waals surface area contributed by atoms with Gasteiger partial charge in [-0.3, -0.25) is 0 Å². The van der Waals surface area contributed by atoms with Crippen LogP contribution in [0.1, 0.15) is 44.6 Å². The number of carbonyl (C=O) groups is 2. The number of hydrogen-bond donors (Lipinski definition) is 5. The number of anilines is 2. The lowest BCUT2D eigenvalue weighted by atomic mass is 10.2. The number of aryl methyl sites for hydroxylation is 4. The molecule has 5 N–H and O–H groups in total. The first-order valence-electron chi connectivity index (χ1n) is 19.1. The van der Waals surface area contributed by atoms with E-state index in [9.17, 15) is 35.5 Å². The molecule has 2 unspecified atom stereocenters. The third kappa shape index (κ3) is 13.2. The average molecular weight is 980 g/mol. The fourth-order valence-corrected chi connectivity index (χ4v) is 8.13. The van der Waals surface area contributed by atoms with Crippen LogP contribution in [0.4, 0.5) is 21.6 Å². The first-order chi connectivity index (χ1) is 31.2. The van der Waals surface area contributed by atoms with E-state index in [1.54, 1.807) is 47.6 Å². The lowest BCUT2D eigenvalue weighted by Crippen LogP contribution is -2.38. The number of carboxylic acids is 2. The SMILES string of the molecule is Cc1nc(N2NC(c3cccc(OCC(=O)O)c3)N=[N+]2c2ccc(S(=O)(=O)[O-])cc2)sc1C.Cc1nc(N=NC(NNc2ccc(S(=O)(=O)[O-])cc2)c2cccc(OCC(=O)O)c2)sc1C. The summed E-state index contributed by atoms with van der Waals surface area (Å²) in [5.74, 6) is -1.47. The first-order valence-corrected chi connectivity index (χ1v) is 23.6. The highest BCUT2D eigenvalue weighted by Crippen LogP contribution is 2.34. The van der Waals surface area contributed by atoms with Crippen LogP contribution in [0.25, 0.3) is 0 Å². The molecule has 1 aliphatic heterocycles. The van der Waals surface area contributed by atoms with Gasteiger partial charge in [-0.15, -0.1) is 10.5 Å². The molecule has 3 heterocycles. The molecule has 2 atom stereocenters. The van der Waals surface area contributed by atoms with E-state index >= 15 is 0 Å². The summed E-state index contributed by atoms with van der Waals surface area (Å²) in [5, 5.41) is 33.5. The Bertz CT molecular complexity index is 2960.